The highest BCUT2D eigenvalue weighted by Crippen LogP contribution is 2.42. The summed E-state index contributed by atoms with van der Waals surface area (Å²) in [5, 5.41) is 0. The molecule has 3 heteroatoms. The smallest absolute Gasteiger partial charge is 0.0367 e. The molecule has 0 amide bonds. The third-order valence-corrected chi connectivity index (χ3v) is 4.91. The second-order valence-electron chi connectivity index (χ2n) is 6.25. The van der Waals surface area contributed by atoms with Crippen molar-refractivity contribution in [3.63, 3.8) is 0 Å². The number of benzene rings is 1. The average molecular weight is 259 g/mol. The lowest BCUT2D eigenvalue weighted by Gasteiger charge is -2.55. The van der Waals surface area contributed by atoms with E-state index in [1.54, 1.807) is 0 Å². The molecule has 0 unspecified atom stereocenters. The topological polar surface area (TPSA) is 32.5 Å². The van der Waals surface area contributed by atoms with Gasteiger partial charge in [0.25, 0.3) is 0 Å². The molecule has 0 radical (unpaired) electrons. The minimum Gasteiger partial charge on any atom is -0.369 e. The fraction of sp³-hybridized carbons (Fsp3) is 0.625. The number of hydrogen-bond donors (Lipinski definition) is 1. The Labute approximate surface area is 116 Å². The Morgan fingerprint density at radius 2 is 1.74 bits per heavy atom. The Bertz CT molecular complexity index is 403. The summed E-state index contributed by atoms with van der Waals surface area (Å²) in [4.78, 5) is 5.13. The van der Waals surface area contributed by atoms with E-state index in [0.717, 1.165) is 38.6 Å². The summed E-state index contributed by atoms with van der Waals surface area (Å²) in [6, 6.07) is 10.7. The van der Waals surface area contributed by atoms with Crippen LogP contribution in [-0.2, 0) is 0 Å². The number of nitrogens with two attached hydrogens (primary N) is 1. The molecule has 1 heterocycles. The summed E-state index contributed by atoms with van der Waals surface area (Å²) in [7, 11) is 0. The minimum atomic E-state index is 0.322. The minimum absolute atomic E-state index is 0.322. The third kappa shape index (κ3) is 2.37. The maximum atomic E-state index is 6.05. The summed E-state index contributed by atoms with van der Waals surface area (Å²) in [5.41, 5.74) is 7.73. The summed E-state index contributed by atoms with van der Waals surface area (Å²) in [5.74, 6) is 0.857. The maximum Gasteiger partial charge on any atom is 0.0367 e. The largest absolute Gasteiger partial charge is 0.369 e. The summed E-state index contributed by atoms with van der Waals surface area (Å²) in [6.45, 7) is 7.72. The van der Waals surface area contributed by atoms with E-state index in [9.17, 15) is 0 Å². The Kier molecular flexibility index (Phi) is 3.50. The van der Waals surface area contributed by atoms with Crippen molar-refractivity contribution in [2.75, 3.05) is 37.6 Å². The molecule has 0 aromatic heterocycles. The molecule has 1 saturated carbocycles. The van der Waals surface area contributed by atoms with E-state index in [4.69, 9.17) is 5.73 Å². The van der Waals surface area contributed by atoms with E-state index in [2.05, 4.69) is 47.1 Å². The molecule has 1 aliphatic heterocycles. The predicted molar refractivity (Wildman–Crippen MR) is 80.4 cm³/mol. The Morgan fingerprint density at radius 1 is 1.11 bits per heavy atom. The van der Waals surface area contributed by atoms with Gasteiger partial charge in [-0.15, -0.1) is 0 Å². The zero-order valence-electron chi connectivity index (χ0n) is 11.9. The molecule has 1 aliphatic carbocycles. The number of rotatable bonds is 3. The fourth-order valence-electron chi connectivity index (χ4n) is 3.87. The molecule has 1 aromatic rings. The first kappa shape index (κ1) is 12.9. The van der Waals surface area contributed by atoms with Crippen molar-refractivity contribution >= 4 is 5.69 Å². The van der Waals surface area contributed by atoms with E-state index >= 15 is 0 Å². The van der Waals surface area contributed by atoms with Gasteiger partial charge in [-0.1, -0.05) is 25.1 Å². The van der Waals surface area contributed by atoms with Crippen LogP contribution in [0.15, 0.2) is 30.3 Å². The van der Waals surface area contributed by atoms with Crippen molar-refractivity contribution in [2.24, 2.45) is 11.7 Å². The van der Waals surface area contributed by atoms with Crippen molar-refractivity contribution in [1.29, 1.82) is 0 Å². The van der Waals surface area contributed by atoms with Gasteiger partial charge in [0.1, 0.15) is 0 Å². The second kappa shape index (κ2) is 5.14. The summed E-state index contributed by atoms with van der Waals surface area (Å²) < 4.78 is 0. The average Bonchev–Trinajstić information content (AvgIpc) is 2.45. The lowest BCUT2D eigenvalue weighted by atomic mass is 9.68. The molecule has 0 spiro atoms. The van der Waals surface area contributed by atoms with Gasteiger partial charge in [0, 0.05) is 44.0 Å². The predicted octanol–water partition coefficient (Wildman–Crippen LogP) is 1.94. The first-order chi connectivity index (χ1) is 9.23. The molecule has 0 atom stereocenters. The monoisotopic (exact) mass is 259 g/mol. The molecule has 104 valence electrons. The van der Waals surface area contributed by atoms with Crippen molar-refractivity contribution in [3.8, 4) is 0 Å². The summed E-state index contributed by atoms with van der Waals surface area (Å²) in [6.07, 6.45) is 2.57. The van der Waals surface area contributed by atoms with Gasteiger partial charge in [-0.25, -0.2) is 0 Å². The van der Waals surface area contributed by atoms with Crippen LogP contribution < -0.4 is 10.6 Å². The molecule has 2 N–H and O–H groups in total. The van der Waals surface area contributed by atoms with E-state index in [0.29, 0.717) is 5.54 Å². The van der Waals surface area contributed by atoms with Crippen molar-refractivity contribution < 1.29 is 0 Å². The highest BCUT2D eigenvalue weighted by molar-refractivity contribution is 5.46. The van der Waals surface area contributed by atoms with Gasteiger partial charge in [-0.3, -0.25) is 4.90 Å². The number of piperazine rings is 1. The van der Waals surface area contributed by atoms with Crippen LogP contribution >= 0.6 is 0 Å². The van der Waals surface area contributed by atoms with Crippen LogP contribution in [0.25, 0.3) is 0 Å². The Hall–Kier alpha value is -1.06. The van der Waals surface area contributed by atoms with Crippen LogP contribution in [0.5, 0.6) is 0 Å². The normalized spacial score (nSPS) is 32.1. The molecule has 3 nitrogen and oxygen atoms in total. The van der Waals surface area contributed by atoms with Crippen molar-refractivity contribution in [1.82, 2.24) is 4.90 Å². The molecule has 1 saturated heterocycles. The van der Waals surface area contributed by atoms with E-state index in [-0.39, 0.29) is 0 Å². The first-order valence-corrected chi connectivity index (χ1v) is 7.49. The molecule has 2 fully saturated rings. The lowest BCUT2D eigenvalue weighted by Crippen LogP contribution is -2.65. The molecular weight excluding hydrogens is 234 g/mol. The highest BCUT2D eigenvalue weighted by Gasteiger charge is 2.46. The lowest BCUT2D eigenvalue weighted by molar-refractivity contribution is -0.0158. The van der Waals surface area contributed by atoms with Gasteiger partial charge < -0.3 is 10.6 Å². The van der Waals surface area contributed by atoms with Crippen molar-refractivity contribution in [3.05, 3.63) is 30.3 Å². The van der Waals surface area contributed by atoms with Crippen LogP contribution in [0.4, 0.5) is 5.69 Å². The van der Waals surface area contributed by atoms with Crippen LogP contribution in [0.2, 0.25) is 0 Å². The van der Waals surface area contributed by atoms with Gasteiger partial charge in [-0.05, 0) is 30.9 Å². The summed E-state index contributed by atoms with van der Waals surface area (Å²) >= 11 is 0. The van der Waals surface area contributed by atoms with Crippen LogP contribution in [0.3, 0.4) is 0 Å². The Balaban J connectivity index is 1.61. The quantitative estimate of drug-likeness (QED) is 0.900. The van der Waals surface area contributed by atoms with E-state index in [1.807, 2.05) is 0 Å². The van der Waals surface area contributed by atoms with Gasteiger partial charge in [0.2, 0.25) is 0 Å². The SMILES string of the molecule is CC1CC(CN)(N2CCN(c3ccccc3)CC2)C1. The van der Waals surface area contributed by atoms with Crippen LogP contribution in [-0.4, -0.2) is 43.2 Å². The van der Waals surface area contributed by atoms with Gasteiger partial charge in [0.05, 0.1) is 0 Å². The van der Waals surface area contributed by atoms with Gasteiger partial charge in [-0.2, -0.15) is 0 Å². The number of hydrogen-bond acceptors (Lipinski definition) is 3. The van der Waals surface area contributed by atoms with E-state index in [1.165, 1.54) is 18.5 Å². The van der Waals surface area contributed by atoms with Gasteiger partial charge >= 0.3 is 0 Å². The number of para-hydroxylation sites is 1. The number of anilines is 1. The zero-order chi connectivity index (χ0) is 13.3. The molecule has 1 aromatic carbocycles. The number of nitrogens with zero attached hydrogens (tertiary/aromatic N) is 2. The second-order valence-corrected chi connectivity index (χ2v) is 6.25. The van der Waals surface area contributed by atoms with Crippen LogP contribution in [0.1, 0.15) is 19.8 Å². The molecule has 0 bridgehead atoms. The maximum absolute atomic E-state index is 6.05. The molecular formula is C16H25N3. The molecule has 2 aliphatic rings. The zero-order valence-corrected chi connectivity index (χ0v) is 11.9. The highest BCUT2D eigenvalue weighted by atomic mass is 15.3. The standard InChI is InChI=1S/C16H25N3/c1-14-11-16(12-14,13-17)19-9-7-18(8-10-19)15-5-3-2-4-6-15/h2-6,14H,7-13,17H2,1H3. The van der Waals surface area contributed by atoms with Crippen molar-refractivity contribution in [2.45, 2.75) is 25.3 Å². The molecule has 19 heavy (non-hydrogen) atoms. The fourth-order valence-corrected chi connectivity index (χ4v) is 3.87. The van der Waals surface area contributed by atoms with Crippen LogP contribution in [0, 0.1) is 5.92 Å². The third-order valence-electron chi connectivity index (χ3n) is 4.91. The van der Waals surface area contributed by atoms with E-state index < -0.39 is 0 Å². The molecule has 3 rings (SSSR count). The first-order valence-electron chi connectivity index (χ1n) is 7.49. The van der Waals surface area contributed by atoms with Gasteiger partial charge in [0.15, 0.2) is 0 Å². The Morgan fingerprint density at radius 3 is 2.26 bits per heavy atom.